The molecule has 112 valence electrons. The van der Waals surface area contributed by atoms with Crippen LogP contribution < -0.4 is 0 Å². The standard InChI is InChI=1S/C16H20N2O3/c1-3-4-10-13-18-15(20)17(2)14(19)16(18,11-21-13)12-8-6-5-7-9-12/h5-9,13H,3-4,10-11H2,1-2H3. The van der Waals surface area contributed by atoms with Crippen LogP contribution in [0.1, 0.15) is 31.7 Å². The SMILES string of the molecule is CCCCC1OCC2(c3ccccc3)C(=O)N(C)C(=O)N12. The summed E-state index contributed by atoms with van der Waals surface area (Å²) in [6, 6.07) is 9.20. The third-order valence-electron chi connectivity index (χ3n) is 4.39. The molecule has 2 aliphatic heterocycles. The van der Waals surface area contributed by atoms with Crippen LogP contribution in [0, 0.1) is 0 Å². The van der Waals surface area contributed by atoms with Gasteiger partial charge in [-0.25, -0.2) is 4.79 Å². The lowest BCUT2D eigenvalue weighted by atomic mass is 9.89. The minimum absolute atomic E-state index is 0.197. The van der Waals surface area contributed by atoms with Crippen molar-refractivity contribution in [2.24, 2.45) is 0 Å². The summed E-state index contributed by atoms with van der Waals surface area (Å²) in [6.45, 7) is 2.34. The smallest absolute Gasteiger partial charge is 0.329 e. The van der Waals surface area contributed by atoms with Crippen LogP contribution in [0.2, 0.25) is 0 Å². The first kappa shape index (κ1) is 14.1. The summed E-state index contributed by atoms with van der Waals surface area (Å²) in [7, 11) is 1.55. The molecule has 2 saturated heterocycles. The van der Waals surface area contributed by atoms with Gasteiger partial charge in [0.15, 0.2) is 5.54 Å². The second-order valence-corrected chi connectivity index (χ2v) is 5.65. The van der Waals surface area contributed by atoms with E-state index in [2.05, 4.69) is 6.92 Å². The number of carbonyl (C=O) groups is 2. The highest BCUT2D eigenvalue weighted by Gasteiger charge is 2.63. The van der Waals surface area contributed by atoms with Crippen molar-refractivity contribution >= 4 is 11.9 Å². The van der Waals surface area contributed by atoms with Crippen molar-refractivity contribution in [2.45, 2.75) is 38.0 Å². The van der Waals surface area contributed by atoms with E-state index >= 15 is 0 Å². The van der Waals surface area contributed by atoms with Gasteiger partial charge in [0, 0.05) is 7.05 Å². The number of unbranched alkanes of at least 4 members (excludes halogenated alkanes) is 1. The summed E-state index contributed by atoms with van der Waals surface area (Å²) < 4.78 is 5.83. The molecule has 0 aliphatic carbocycles. The highest BCUT2D eigenvalue weighted by Crippen LogP contribution is 2.44. The molecule has 1 aromatic rings. The number of urea groups is 1. The Kier molecular flexibility index (Phi) is 3.45. The zero-order valence-electron chi connectivity index (χ0n) is 12.4. The summed E-state index contributed by atoms with van der Waals surface area (Å²) in [5.41, 5.74) is -0.155. The first-order valence-electron chi connectivity index (χ1n) is 7.41. The molecule has 2 unspecified atom stereocenters. The van der Waals surface area contributed by atoms with Crippen LogP contribution in [0.4, 0.5) is 4.79 Å². The lowest BCUT2D eigenvalue weighted by Crippen LogP contribution is -2.46. The van der Waals surface area contributed by atoms with Crippen LogP contribution in [0.25, 0.3) is 0 Å². The fourth-order valence-electron chi connectivity index (χ4n) is 3.23. The van der Waals surface area contributed by atoms with Crippen LogP contribution >= 0.6 is 0 Å². The number of amides is 3. The lowest BCUT2D eigenvalue weighted by Gasteiger charge is -2.29. The molecule has 3 amide bonds. The number of carbonyl (C=O) groups excluding carboxylic acids is 2. The lowest BCUT2D eigenvalue weighted by molar-refractivity contribution is -0.132. The van der Waals surface area contributed by atoms with Crippen LogP contribution in [0.15, 0.2) is 30.3 Å². The van der Waals surface area contributed by atoms with E-state index in [1.165, 1.54) is 4.90 Å². The van der Waals surface area contributed by atoms with Crippen molar-refractivity contribution in [2.75, 3.05) is 13.7 Å². The Labute approximate surface area is 124 Å². The van der Waals surface area contributed by atoms with Gasteiger partial charge in [-0.05, 0) is 18.4 Å². The summed E-state index contributed by atoms with van der Waals surface area (Å²) in [6.07, 6.45) is 2.45. The highest BCUT2D eigenvalue weighted by molar-refractivity contribution is 6.07. The molecule has 2 aliphatic rings. The van der Waals surface area contributed by atoms with E-state index in [0.29, 0.717) is 0 Å². The first-order valence-corrected chi connectivity index (χ1v) is 7.41. The van der Waals surface area contributed by atoms with E-state index in [4.69, 9.17) is 4.74 Å². The molecule has 2 atom stereocenters. The van der Waals surface area contributed by atoms with Crippen molar-refractivity contribution in [3.63, 3.8) is 0 Å². The van der Waals surface area contributed by atoms with Crippen molar-refractivity contribution in [3.05, 3.63) is 35.9 Å². The zero-order chi connectivity index (χ0) is 15.0. The maximum Gasteiger partial charge on any atom is 0.329 e. The van der Waals surface area contributed by atoms with Gasteiger partial charge >= 0.3 is 6.03 Å². The predicted octanol–water partition coefficient (Wildman–Crippen LogP) is 2.32. The molecule has 2 heterocycles. The van der Waals surface area contributed by atoms with E-state index in [9.17, 15) is 9.59 Å². The molecule has 3 rings (SSSR count). The third kappa shape index (κ3) is 1.87. The minimum Gasteiger partial charge on any atom is -0.355 e. The van der Waals surface area contributed by atoms with Crippen LogP contribution in [0.5, 0.6) is 0 Å². The van der Waals surface area contributed by atoms with Gasteiger partial charge in [-0.1, -0.05) is 43.7 Å². The molecule has 0 aromatic heterocycles. The minimum atomic E-state index is -0.981. The van der Waals surface area contributed by atoms with E-state index in [1.54, 1.807) is 11.9 Å². The van der Waals surface area contributed by atoms with Gasteiger partial charge in [0.05, 0.1) is 6.61 Å². The molecule has 2 fully saturated rings. The van der Waals surface area contributed by atoms with Crippen molar-refractivity contribution < 1.29 is 14.3 Å². The molecule has 0 spiro atoms. The Morgan fingerprint density at radius 3 is 2.67 bits per heavy atom. The molecule has 21 heavy (non-hydrogen) atoms. The van der Waals surface area contributed by atoms with Gasteiger partial charge in [-0.15, -0.1) is 0 Å². The van der Waals surface area contributed by atoms with E-state index in [0.717, 1.165) is 24.8 Å². The van der Waals surface area contributed by atoms with Gasteiger partial charge < -0.3 is 4.74 Å². The van der Waals surface area contributed by atoms with Gasteiger partial charge in [-0.2, -0.15) is 0 Å². The Morgan fingerprint density at radius 2 is 2.00 bits per heavy atom. The quantitative estimate of drug-likeness (QED) is 0.799. The largest absolute Gasteiger partial charge is 0.355 e. The maximum absolute atomic E-state index is 12.7. The summed E-state index contributed by atoms with van der Waals surface area (Å²) in [5, 5.41) is 0. The fraction of sp³-hybridized carbons (Fsp3) is 0.500. The Balaban J connectivity index is 2.04. The van der Waals surface area contributed by atoms with Crippen LogP contribution in [-0.4, -0.2) is 41.6 Å². The van der Waals surface area contributed by atoms with E-state index in [-0.39, 0.29) is 24.8 Å². The number of imide groups is 1. The van der Waals surface area contributed by atoms with E-state index in [1.807, 2.05) is 30.3 Å². The summed E-state index contributed by atoms with van der Waals surface area (Å²) in [4.78, 5) is 28.1. The Morgan fingerprint density at radius 1 is 1.29 bits per heavy atom. The number of hydrogen-bond acceptors (Lipinski definition) is 3. The number of ether oxygens (including phenoxy) is 1. The number of nitrogens with zero attached hydrogens (tertiary/aromatic N) is 2. The number of benzene rings is 1. The highest BCUT2D eigenvalue weighted by atomic mass is 16.5. The molecule has 5 heteroatoms. The summed E-state index contributed by atoms with van der Waals surface area (Å²) >= 11 is 0. The molecule has 0 N–H and O–H groups in total. The fourth-order valence-corrected chi connectivity index (χ4v) is 3.23. The summed E-state index contributed by atoms with van der Waals surface area (Å²) in [5.74, 6) is -0.197. The van der Waals surface area contributed by atoms with Gasteiger partial charge in [0.1, 0.15) is 6.23 Å². The molecular formula is C16H20N2O3. The Hall–Kier alpha value is -1.88. The van der Waals surface area contributed by atoms with Crippen molar-refractivity contribution in [3.8, 4) is 0 Å². The first-order chi connectivity index (χ1) is 10.1. The topological polar surface area (TPSA) is 49.9 Å². The van der Waals surface area contributed by atoms with Crippen LogP contribution in [0.3, 0.4) is 0 Å². The Bertz CT molecular complexity index is 560. The number of likely N-dealkylation sites (N-methyl/N-ethyl adjacent to an activating group) is 1. The van der Waals surface area contributed by atoms with Crippen molar-refractivity contribution in [1.29, 1.82) is 0 Å². The number of hydrogen-bond donors (Lipinski definition) is 0. The van der Waals surface area contributed by atoms with Crippen molar-refractivity contribution in [1.82, 2.24) is 9.80 Å². The average molecular weight is 288 g/mol. The monoisotopic (exact) mass is 288 g/mol. The normalized spacial score (nSPS) is 28.4. The zero-order valence-corrected chi connectivity index (χ0v) is 12.4. The van der Waals surface area contributed by atoms with Gasteiger partial charge in [0.2, 0.25) is 0 Å². The van der Waals surface area contributed by atoms with Gasteiger partial charge in [0.25, 0.3) is 5.91 Å². The van der Waals surface area contributed by atoms with Crippen LogP contribution in [-0.2, 0) is 15.1 Å². The predicted molar refractivity (Wildman–Crippen MR) is 77.4 cm³/mol. The third-order valence-corrected chi connectivity index (χ3v) is 4.39. The molecule has 0 bridgehead atoms. The number of fused-ring (bicyclic) bond motifs is 1. The average Bonchev–Trinajstić information content (AvgIpc) is 2.99. The maximum atomic E-state index is 12.7. The second kappa shape index (κ2) is 5.15. The van der Waals surface area contributed by atoms with E-state index < -0.39 is 5.54 Å². The molecular weight excluding hydrogens is 268 g/mol. The van der Waals surface area contributed by atoms with Gasteiger partial charge in [-0.3, -0.25) is 14.6 Å². The molecule has 0 saturated carbocycles. The second-order valence-electron chi connectivity index (χ2n) is 5.65. The molecule has 5 nitrogen and oxygen atoms in total. The molecule has 1 aromatic carbocycles. The number of rotatable bonds is 4. The molecule has 0 radical (unpaired) electrons.